The summed E-state index contributed by atoms with van der Waals surface area (Å²) in [5.74, 6) is 0.0166. The summed E-state index contributed by atoms with van der Waals surface area (Å²) in [6, 6.07) is 4.24. The molecule has 0 fully saturated rings. The topological polar surface area (TPSA) is 38.9 Å². The Kier molecular flexibility index (Phi) is 2.64. The molecule has 2 aromatic rings. The molecule has 0 radical (unpaired) electrons. The Morgan fingerprint density at radius 1 is 1.29 bits per heavy atom. The van der Waals surface area contributed by atoms with Crippen LogP contribution in [0.4, 0.5) is 4.39 Å². The molecular weight excluding hydrogens is 319 g/mol. The monoisotopic (exact) mass is 320 g/mol. The molecule has 0 unspecified atom stereocenters. The van der Waals surface area contributed by atoms with E-state index >= 15 is 0 Å². The molecule has 0 aliphatic carbocycles. The standard InChI is InChI=1S/C8H3Br2FN2O/c9-6-3-4(11)1-2-5(6)7-12-8(10)13-14-7/h1-3H. The van der Waals surface area contributed by atoms with Crippen molar-refractivity contribution in [3.05, 3.63) is 33.2 Å². The van der Waals surface area contributed by atoms with Crippen LogP contribution < -0.4 is 0 Å². The van der Waals surface area contributed by atoms with Gasteiger partial charge in [-0.25, -0.2) is 4.39 Å². The average molecular weight is 322 g/mol. The highest BCUT2D eigenvalue weighted by atomic mass is 79.9. The third kappa shape index (κ3) is 1.85. The Balaban J connectivity index is 2.52. The molecule has 0 aliphatic heterocycles. The van der Waals surface area contributed by atoms with Crippen molar-refractivity contribution in [2.75, 3.05) is 0 Å². The van der Waals surface area contributed by atoms with Gasteiger partial charge in [0.15, 0.2) is 0 Å². The van der Waals surface area contributed by atoms with E-state index in [1.807, 2.05) is 0 Å². The molecule has 0 amide bonds. The van der Waals surface area contributed by atoms with Crippen LogP contribution in [0.3, 0.4) is 0 Å². The number of aromatic nitrogens is 2. The molecule has 1 heterocycles. The highest BCUT2D eigenvalue weighted by molar-refractivity contribution is 9.10. The molecule has 0 saturated heterocycles. The van der Waals surface area contributed by atoms with E-state index in [4.69, 9.17) is 4.52 Å². The van der Waals surface area contributed by atoms with Gasteiger partial charge >= 0.3 is 0 Å². The third-order valence-corrected chi connectivity index (χ3v) is 2.54. The predicted octanol–water partition coefficient (Wildman–Crippen LogP) is 3.40. The van der Waals surface area contributed by atoms with Gasteiger partial charge in [-0.15, -0.1) is 0 Å². The number of rotatable bonds is 1. The maximum Gasteiger partial charge on any atom is 0.259 e. The van der Waals surface area contributed by atoms with E-state index in [-0.39, 0.29) is 5.82 Å². The molecular formula is C8H3Br2FN2O. The first kappa shape index (κ1) is 9.79. The highest BCUT2D eigenvalue weighted by Crippen LogP contribution is 2.27. The number of benzene rings is 1. The fourth-order valence-electron chi connectivity index (χ4n) is 0.978. The summed E-state index contributed by atoms with van der Waals surface area (Å²) in [5, 5.41) is 3.57. The Morgan fingerprint density at radius 3 is 2.64 bits per heavy atom. The molecule has 0 aliphatic rings. The summed E-state index contributed by atoms with van der Waals surface area (Å²) < 4.78 is 18.6. The van der Waals surface area contributed by atoms with Gasteiger partial charge in [0.2, 0.25) is 4.73 Å². The second kappa shape index (κ2) is 3.78. The Morgan fingerprint density at radius 2 is 2.07 bits per heavy atom. The summed E-state index contributed by atoms with van der Waals surface area (Å²) in [4.78, 5) is 3.96. The van der Waals surface area contributed by atoms with Crippen molar-refractivity contribution in [3.63, 3.8) is 0 Å². The summed E-state index contributed by atoms with van der Waals surface area (Å²) in [5.41, 5.74) is 0.657. The molecule has 3 nitrogen and oxygen atoms in total. The molecule has 0 bridgehead atoms. The van der Waals surface area contributed by atoms with Crippen LogP contribution in [0.5, 0.6) is 0 Å². The summed E-state index contributed by atoms with van der Waals surface area (Å²) in [6.07, 6.45) is 0. The first-order valence-electron chi connectivity index (χ1n) is 3.61. The van der Waals surface area contributed by atoms with Crippen molar-refractivity contribution >= 4 is 31.9 Å². The lowest BCUT2D eigenvalue weighted by Crippen LogP contribution is -1.81. The molecule has 0 spiro atoms. The van der Waals surface area contributed by atoms with Crippen molar-refractivity contribution in [2.24, 2.45) is 0 Å². The fraction of sp³-hybridized carbons (Fsp3) is 0. The zero-order valence-electron chi connectivity index (χ0n) is 6.67. The van der Waals surface area contributed by atoms with Crippen LogP contribution in [0.15, 0.2) is 31.9 Å². The van der Waals surface area contributed by atoms with Crippen LogP contribution in [0.1, 0.15) is 0 Å². The predicted molar refractivity (Wildman–Crippen MR) is 55.1 cm³/mol. The van der Waals surface area contributed by atoms with Crippen LogP contribution in [-0.4, -0.2) is 10.1 Å². The number of nitrogens with zero attached hydrogens (tertiary/aromatic N) is 2. The van der Waals surface area contributed by atoms with E-state index < -0.39 is 0 Å². The second-order valence-corrected chi connectivity index (χ2v) is 4.06. The minimum absolute atomic E-state index is 0.320. The number of halogens is 3. The van der Waals surface area contributed by atoms with Crippen LogP contribution in [-0.2, 0) is 0 Å². The highest BCUT2D eigenvalue weighted by Gasteiger charge is 2.10. The van der Waals surface area contributed by atoms with Crippen molar-refractivity contribution in [3.8, 4) is 11.5 Å². The van der Waals surface area contributed by atoms with Gasteiger partial charge in [0.05, 0.1) is 5.56 Å². The summed E-state index contributed by atoms with van der Waals surface area (Å²) in [6.45, 7) is 0. The van der Waals surface area contributed by atoms with E-state index in [0.717, 1.165) is 0 Å². The number of hydrogen-bond donors (Lipinski definition) is 0. The van der Waals surface area contributed by atoms with Crippen LogP contribution in [0, 0.1) is 5.82 Å². The van der Waals surface area contributed by atoms with Crippen LogP contribution >= 0.6 is 31.9 Å². The maximum absolute atomic E-state index is 12.8. The largest absolute Gasteiger partial charge is 0.333 e. The molecule has 72 valence electrons. The van der Waals surface area contributed by atoms with Gasteiger partial charge < -0.3 is 4.52 Å². The molecule has 0 saturated carbocycles. The Labute approximate surface area is 95.6 Å². The zero-order valence-corrected chi connectivity index (χ0v) is 9.84. The molecule has 14 heavy (non-hydrogen) atoms. The molecule has 6 heteroatoms. The lowest BCUT2D eigenvalue weighted by molar-refractivity contribution is 0.426. The second-order valence-electron chi connectivity index (χ2n) is 2.49. The molecule has 2 rings (SSSR count). The SMILES string of the molecule is Fc1ccc(-c2nc(Br)no2)c(Br)c1. The lowest BCUT2D eigenvalue weighted by Gasteiger charge is -1.97. The quantitative estimate of drug-likeness (QED) is 0.808. The molecule has 1 aromatic heterocycles. The average Bonchev–Trinajstić information content (AvgIpc) is 2.51. The third-order valence-electron chi connectivity index (χ3n) is 1.56. The van der Waals surface area contributed by atoms with E-state index in [1.54, 1.807) is 6.07 Å². The van der Waals surface area contributed by atoms with Gasteiger partial charge in [-0.1, -0.05) is 0 Å². The first-order chi connectivity index (χ1) is 6.66. The van der Waals surface area contributed by atoms with Gasteiger partial charge in [-0.3, -0.25) is 0 Å². The minimum atomic E-state index is -0.320. The summed E-state index contributed by atoms with van der Waals surface area (Å²) in [7, 11) is 0. The Bertz CT molecular complexity index is 472. The molecule has 0 atom stereocenters. The van der Waals surface area contributed by atoms with E-state index in [9.17, 15) is 4.39 Å². The fourth-order valence-corrected chi connectivity index (χ4v) is 1.73. The molecule has 0 N–H and O–H groups in total. The van der Waals surface area contributed by atoms with E-state index in [1.165, 1.54) is 12.1 Å². The lowest BCUT2D eigenvalue weighted by atomic mass is 10.2. The van der Waals surface area contributed by atoms with Gasteiger partial charge in [0, 0.05) is 4.47 Å². The van der Waals surface area contributed by atoms with Crippen molar-refractivity contribution in [1.29, 1.82) is 0 Å². The van der Waals surface area contributed by atoms with Crippen molar-refractivity contribution < 1.29 is 8.91 Å². The summed E-state index contributed by atoms with van der Waals surface area (Å²) >= 11 is 6.27. The number of hydrogen-bond acceptors (Lipinski definition) is 3. The first-order valence-corrected chi connectivity index (χ1v) is 5.20. The van der Waals surface area contributed by atoms with Gasteiger partial charge in [0.1, 0.15) is 5.82 Å². The smallest absolute Gasteiger partial charge is 0.259 e. The van der Waals surface area contributed by atoms with Gasteiger partial charge in [-0.05, 0) is 55.2 Å². The van der Waals surface area contributed by atoms with Gasteiger partial charge in [0.25, 0.3) is 5.89 Å². The van der Waals surface area contributed by atoms with E-state index in [0.29, 0.717) is 20.7 Å². The maximum atomic E-state index is 12.8. The minimum Gasteiger partial charge on any atom is -0.333 e. The molecule has 1 aromatic carbocycles. The van der Waals surface area contributed by atoms with E-state index in [2.05, 4.69) is 42.0 Å². The van der Waals surface area contributed by atoms with Gasteiger partial charge in [-0.2, -0.15) is 4.98 Å². The normalized spacial score (nSPS) is 10.5. The Hall–Kier alpha value is -0.750. The van der Waals surface area contributed by atoms with Crippen molar-refractivity contribution in [2.45, 2.75) is 0 Å². The van der Waals surface area contributed by atoms with Crippen LogP contribution in [0.25, 0.3) is 11.5 Å². The zero-order chi connectivity index (χ0) is 10.1. The van der Waals surface area contributed by atoms with Crippen LogP contribution in [0.2, 0.25) is 0 Å². The van der Waals surface area contributed by atoms with Crippen molar-refractivity contribution in [1.82, 2.24) is 10.1 Å².